The molecule has 78 valence electrons. The van der Waals surface area contributed by atoms with E-state index in [1.54, 1.807) is 0 Å². The molecule has 0 radical (unpaired) electrons. The highest BCUT2D eigenvalue weighted by atomic mass is 16.4. The van der Waals surface area contributed by atoms with E-state index in [-0.39, 0.29) is 5.41 Å². The molecule has 4 rings (SSSR count). The van der Waals surface area contributed by atoms with E-state index in [0.29, 0.717) is 0 Å². The summed E-state index contributed by atoms with van der Waals surface area (Å²) in [5.74, 6) is 2.46. The summed E-state index contributed by atoms with van der Waals surface area (Å²) in [4.78, 5) is 11.4. The number of aliphatic carboxylic acids is 1. The molecule has 1 N–H and O–H groups in total. The summed E-state index contributed by atoms with van der Waals surface area (Å²) in [6.45, 7) is 2.34. The molecule has 2 heteroatoms. The minimum Gasteiger partial charge on any atom is -0.481 e. The third kappa shape index (κ3) is 0.945. The standard InChI is InChI=1S/C12H18O2/c1-7-9-2-8-3-10(7)6-12(4-8,5-9)11(13)14/h7-10H,2-6H2,1H3,(H,13,14). The largest absolute Gasteiger partial charge is 0.481 e. The first kappa shape index (κ1) is 8.75. The van der Waals surface area contributed by atoms with Gasteiger partial charge in [0, 0.05) is 0 Å². The SMILES string of the molecule is CC1C2CC3CC1CC(C(=O)O)(C3)C2. The molecule has 0 aliphatic heterocycles. The first-order valence-corrected chi connectivity index (χ1v) is 5.84. The number of hydrogen-bond acceptors (Lipinski definition) is 1. The first-order chi connectivity index (χ1) is 6.61. The fraction of sp³-hybridized carbons (Fsp3) is 0.917. The van der Waals surface area contributed by atoms with E-state index >= 15 is 0 Å². The quantitative estimate of drug-likeness (QED) is 0.696. The number of hydrogen-bond donors (Lipinski definition) is 1. The topological polar surface area (TPSA) is 37.3 Å². The van der Waals surface area contributed by atoms with Crippen LogP contribution in [-0.4, -0.2) is 11.1 Å². The lowest BCUT2D eigenvalue weighted by Crippen LogP contribution is -2.53. The molecule has 4 aliphatic carbocycles. The number of carboxylic acid groups (broad SMARTS) is 1. The predicted octanol–water partition coefficient (Wildman–Crippen LogP) is 2.53. The molecule has 4 bridgehead atoms. The maximum atomic E-state index is 11.4. The van der Waals surface area contributed by atoms with Crippen molar-refractivity contribution in [3.63, 3.8) is 0 Å². The van der Waals surface area contributed by atoms with Crippen molar-refractivity contribution in [2.24, 2.45) is 29.1 Å². The smallest absolute Gasteiger partial charge is 0.309 e. The minimum atomic E-state index is -0.510. The van der Waals surface area contributed by atoms with Crippen molar-refractivity contribution < 1.29 is 9.90 Å². The van der Waals surface area contributed by atoms with E-state index in [9.17, 15) is 9.90 Å². The van der Waals surface area contributed by atoms with Crippen molar-refractivity contribution in [1.82, 2.24) is 0 Å². The Kier molecular flexibility index (Phi) is 1.58. The normalized spacial score (nSPS) is 54.9. The summed E-state index contributed by atoms with van der Waals surface area (Å²) in [5, 5.41) is 9.37. The minimum absolute atomic E-state index is 0.303. The Bertz CT molecular complexity index is 268. The Morgan fingerprint density at radius 1 is 1.21 bits per heavy atom. The van der Waals surface area contributed by atoms with Crippen LogP contribution in [0, 0.1) is 29.1 Å². The molecule has 4 fully saturated rings. The second kappa shape index (κ2) is 2.53. The van der Waals surface area contributed by atoms with E-state index in [1.165, 1.54) is 12.8 Å². The van der Waals surface area contributed by atoms with E-state index in [0.717, 1.165) is 42.9 Å². The van der Waals surface area contributed by atoms with Crippen LogP contribution in [0.2, 0.25) is 0 Å². The fourth-order valence-corrected chi connectivity index (χ4v) is 4.54. The fourth-order valence-electron chi connectivity index (χ4n) is 4.54. The van der Waals surface area contributed by atoms with Crippen LogP contribution in [0.25, 0.3) is 0 Å². The summed E-state index contributed by atoms with van der Waals surface area (Å²) >= 11 is 0. The maximum Gasteiger partial charge on any atom is 0.309 e. The van der Waals surface area contributed by atoms with E-state index in [4.69, 9.17) is 0 Å². The Morgan fingerprint density at radius 3 is 2.29 bits per heavy atom. The Balaban J connectivity index is 1.96. The predicted molar refractivity (Wildman–Crippen MR) is 52.8 cm³/mol. The van der Waals surface area contributed by atoms with Crippen molar-refractivity contribution in [1.29, 1.82) is 0 Å². The van der Waals surface area contributed by atoms with Crippen molar-refractivity contribution in [2.45, 2.75) is 39.0 Å². The maximum absolute atomic E-state index is 11.4. The molecule has 0 spiro atoms. The number of carboxylic acids is 1. The summed E-state index contributed by atoms with van der Waals surface area (Å²) < 4.78 is 0. The molecule has 0 aromatic rings. The molecule has 14 heavy (non-hydrogen) atoms. The molecule has 0 heterocycles. The van der Waals surface area contributed by atoms with Crippen LogP contribution in [0.5, 0.6) is 0 Å². The van der Waals surface area contributed by atoms with Crippen LogP contribution in [-0.2, 0) is 4.79 Å². The highest BCUT2D eigenvalue weighted by Crippen LogP contribution is 2.62. The van der Waals surface area contributed by atoms with Crippen LogP contribution in [0.4, 0.5) is 0 Å². The van der Waals surface area contributed by atoms with Gasteiger partial charge in [-0.3, -0.25) is 4.79 Å². The molecule has 0 saturated heterocycles. The zero-order valence-electron chi connectivity index (χ0n) is 8.70. The number of rotatable bonds is 1. The molecule has 2 atom stereocenters. The molecular formula is C12H18O2. The lowest BCUT2D eigenvalue weighted by atomic mass is 9.46. The Hall–Kier alpha value is -0.530. The molecule has 2 unspecified atom stereocenters. The first-order valence-electron chi connectivity index (χ1n) is 5.84. The van der Waals surface area contributed by atoms with Crippen LogP contribution < -0.4 is 0 Å². The van der Waals surface area contributed by atoms with Crippen LogP contribution >= 0.6 is 0 Å². The molecule has 2 nitrogen and oxygen atoms in total. The van der Waals surface area contributed by atoms with E-state index < -0.39 is 5.97 Å². The van der Waals surface area contributed by atoms with Gasteiger partial charge in [0.2, 0.25) is 0 Å². The monoisotopic (exact) mass is 194 g/mol. The average molecular weight is 194 g/mol. The van der Waals surface area contributed by atoms with Gasteiger partial charge in [-0.15, -0.1) is 0 Å². The Morgan fingerprint density at radius 2 is 1.79 bits per heavy atom. The van der Waals surface area contributed by atoms with Gasteiger partial charge in [-0.1, -0.05) is 6.92 Å². The molecule has 0 aromatic carbocycles. The molecule has 0 aromatic heterocycles. The van der Waals surface area contributed by atoms with Gasteiger partial charge in [0.05, 0.1) is 5.41 Å². The van der Waals surface area contributed by atoms with Gasteiger partial charge in [-0.25, -0.2) is 0 Å². The summed E-state index contributed by atoms with van der Waals surface area (Å²) in [5.41, 5.74) is -0.303. The van der Waals surface area contributed by atoms with Gasteiger partial charge in [-0.05, 0) is 55.8 Å². The summed E-state index contributed by atoms with van der Waals surface area (Å²) in [7, 11) is 0. The van der Waals surface area contributed by atoms with Gasteiger partial charge in [0.25, 0.3) is 0 Å². The molecule has 0 amide bonds. The van der Waals surface area contributed by atoms with Crippen molar-refractivity contribution in [3.8, 4) is 0 Å². The zero-order valence-corrected chi connectivity index (χ0v) is 8.70. The Labute approximate surface area is 84.7 Å². The van der Waals surface area contributed by atoms with E-state index in [1.807, 2.05) is 0 Å². The highest BCUT2D eigenvalue weighted by molar-refractivity contribution is 5.75. The summed E-state index contributed by atoms with van der Waals surface area (Å²) in [6, 6.07) is 0. The zero-order chi connectivity index (χ0) is 9.92. The third-order valence-electron chi connectivity index (χ3n) is 5.20. The van der Waals surface area contributed by atoms with Crippen LogP contribution in [0.1, 0.15) is 39.0 Å². The molecular weight excluding hydrogens is 176 g/mol. The van der Waals surface area contributed by atoms with Crippen molar-refractivity contribution >= 4 is 5.97 Å². The van der Waals surface area contributed by atoms with Crippen LogP contribution in [0.15, 0.2) is 0 Å². The summed E-state index contributed by atoms with van der Waals surface area (Å²) in [6.07, 6.45) is 5.54. The highest BCUT2D eigenvalue weighted by Gasteiger charge is 2.57. The molecule has 4 aliphatic rings. The second-order valence-electron chi connectivity index (χ2n) is 5.91. The second-order valence-corrected chi connectivity index (χ2v) is 5.91. The van der Waals surface area contributed by atoms with Gasteiger partial charge < -0.3 is 5.11 Å². The van der Waals surface area contributed by atoms with Gasteiger partial charge >= 0.3 is 5.97 Å². The third-order valence-corrected chi connectivity index (χ3v) is 5.20. The van der Waals surface area contributed by atoms with E-state index in [2.05, 4.69) is 6.92 Å². The van der Waals surface area contributed by atoms with Crippen molar-refractivity contribution in [2.75, 3.05) is 0 Å². The lowest BCUT2D eigenvalue weighted by Gasteiger charge is -2.57. The van der Waals surface area contributed by atoms with Gasteiger partial charge in [0.1, 0.15) is 0 Å². The average Bonchev–Trinajstić information content (AvgIpc) is 2.12. The van der Waals surface area contributed by atoms with Gasteiger partial charge in [0.15, 0.2) is 0 Å². The van der Waals surface area contributed by atoms with Crippen molar-refractivity contribution in [3.05, 3.63) is 0 Å². The number of carbonyl (C=O) groups is 1. The lowest BCUT2D eigenvalue weighted by molar-refractivity contribution is -0.169. The molecule has 4 saturated carbocycles. The van der Waals surface area contributed by atoms with Gasteiger partial charge in [-0.2, -0.15) is 0 Å². The van der Waals surface area contributed by atoms with Crippen LogP contribution in [0.3, 0.4) is 0 Å².